The summed E-state index contributed by atoms with van der Waals surface area (Å²) in [5.74, 6) is -0.706. The number of nitrogens with zero attached hydrogens (tertiary/aromatic N) is 1. The molecule has 1 unspecified atom stereocenters. The van der Waals surface area contributed by atoms with Crippen molar-refractivity contribution in [1.82, 2.24) is 4.90 Å². The van der Waals surface area contributed by atoms with Gasteiger partial charge in [0.25, 0.3) is 5.91 Å². The number of carbonyl (C=O) groups is 1. The van der Waals surface area contributed by atoms with Gasteiger partial charge in [0.15, 0.2) is 11.6 Å². The molecule has 1 aromatic rings. The van der Waals surface area contributed by atoms with E-state index in [0.29, 0.717) is 5.56 Å². The molecule has 0 fully saturated rings. The minimum absolute atomic E-state index is 0.165. The van der Waals surface area contributed by atoms with Crippen molar-refractivity contribution in [3.8, 4) is 5.75 Å². The van der Waals surface area contributed by atoms with Gasteiger partial charge >= 0.3 is 0 Å². The third-order valence-corrected chi connectivity index (χ3v) is 2.37. The molecule has 0 aliphatic rings. The van der Waals surface area contributed by atoms with Crippen molar-refractivity contribution in [1.29, 1.82) is 0 Å². The first-order chi connectivity index (χ1) is 7.95. The molecule has 0 saturated carbocycles. The van der Waals surface area contributed by atoms with Crippen LogP contribution in [0, 0.1) is 5.82 Å². The van der Waals surface area contributed by atoms with Gasteiger partial charge in [-0.3, -0.25) is 4.79 Å². The molecule has 0 aromatic heterocycles. The van der Waals surface area contributed by atoms with Crippen molar-refractivity contribution >= 4 is 5.91 Å². The Hall–Kier alpha value is -1.62. The summed E-state index contributed by atoms with van der Waals surface area (Å²) >= 11 is 0. The van der Waals surface area contributed by atoms with Crippen LogP contribution in [0.2, 0.25) is 0 Å². The number of halogens is 1. The van der Waals surface area contributed by atoms with Crippen molar-refractivity contribution in [3.63, 3.8) is 0 Å². The smallest absolute Gasteiger partial charge is 0.251 e. The first-order valence-corrected chi connectivity index (χ1v) is 5.21. The van der Waals surface area contributed by atoms with Crippen LogP contribution in [0.1, 0.15) is 12.5 Å². The van der Waals surface area contributed by atoms with E-state index in [1.807, 2.05) is 0 Å². The number of carbonyl (C=O) groups excluding carboxylic acids is 1. The second-order valence-corrected chi connectivity index (χ2v) is 3.84. The number of aliphatic hydroxyl groups excluding tert-OH is 1. The number of likely N-dealkylation sites (N-methyl/N-ethyl adjacent to an activating group) is 1. The molecule has 4 nitrogen and oxygen atoms in total. The predicted molar refractivity (Wildman–Crippen MR) is 61.1 cm³/mol. The second-order valence-electron chi connectivity index (χ2n) is 3.84. The van der Waals surface area contributed by atoms with Gasteiger partial charge in [-0.2, -0.15) is 0 Å². The van der Waals surface area contributed by atoms with Crippen molar-refractivity contribution < 1.29 is 19.0 Å². The molecule has 5 heteroatoms. The van der Waals surface area contributed by atoms with E-state index in [1.165, 1.54) is 31.1 Å². The van der Waals surface area contributed by atoms with Crippen LogP contribution in [0.4, 0.5) is 4.39 Å². The molecular weight excluding hydrogens is 225 g/mol. The minimum atomic E-state index is -1.05. The highest BCUT2D eigenvalue weighted by Crippen LogP contribution is 2.18. The molecule has 1 atom stereocenters. The van der Waals surface area contributed by atoms with Crippen LogP contribution in [-0.2, 0) is 11.3 Å². The maximum absolute atomic E-state index is 13.4. The van der Waals surface area contributed by atoms with Gasteiger partial charge in [0.1, 0.15) is 6.10 Å². The van der Waals surface area contributed by atoms with E-state index in [-0.39, 0.29) is 12.3 Å². The zero-order valence-electron chi connectivity index (χ0n) is 10.1. The summed E-state index contributed by atoms with van der Waals surface area (Å²) in [6.07, 6.45) is -1.05. The Morgan fingerprint density at radius 1 is 1.59 bits per heavy atom. The first-order valence-electron chi connectivity index (χ1n) is 5.21. The van der Waals surface area contributed by atoms with Gasteiger partial charge in [-0.15, -0.1) is 0 Å². The van der Waals surface area contributed by atoms with E-state index >= 15 is 0 Å². The summed E-state index contributed by atoms with van der Waals surface area (Å²) in [6, 6.07) is 4.49. The van der Waals surface area contributed by atoms with Crippen molar-refractivity contribution in [2.45, 2.75) is 19.6 Å². The van der Waals surface area contributed by atoms with Crippen molar-refractivity contribution in [3.05, 3.63) is 29.6 Å². The van der Waals surface area contributed by atoms with Gasteiger partial charge in [-0.1, -0.05) is 6.07 Å². The molecule has 0 aliphatic heterocycles. The van der Waals surface area contributed by atoms with E-state index in [4.69, 9.17) is 9.84 Å². The zero-order valence-corrected chi connectivity index (χ0v) is 10.1. The quantitative estimate of drug-likeness (QED) is 0.861. The summed E-state index contributed by atoms with van der Waals surface area (Å²) in [4.78, 5) is 12.8. The second kappa shape index (κ2) is 5.63. The lowest BCUT2D eigenvalue weighted by Gasteiger charge is -2.19. The van der Waals surface area contributed by atoms with Crippen LogP contribution in [0.5, 0.6) is 5.75 Å². The fraction of sp³-hybridized carbons (Fsp3) is 0.417. The molecule has 94 valence electrons. The summed E-state index contributed by atoms with van der Waals surface area (Å²) in [6.45, 7) is 1.64. The summed E-state index contributed by atoms with van der Waals surface area (Å²) in [5, 5.41) is 9.12. The number of methoxy groups -OCH3 is 1. The Labute approximate surface area is 99.6 Å². The van der Waals surface area contributed by atoms with Crippen LogP contribution in [0.3, 0.4) is 0 Å². The van der Waals surface area contributed by atoms with Gasteiger partial charge < -0.3 is 14.7 Å². The molecule has 0 radical (unpaired) electrons. The summed E-state index contributed by atoms with van der Waals surface area (Å²) in [7, 11) is 2.94. The molecule has 0 spiro atoms. The molecule has 1 amide bonds. The number of amides is 1. The molecular formula is C12H16FNO3. The molecule has 17 heavy (non-hydrogen) atoms. The fourth-order valence-corrected chi connectivity index (χ4v) is 1.48. The average molecular weight is 241 g/mol. The Morgan fingerprint density at radius 3 is 2.71 bits per heavy atom. The highest BCUT2D eigenvalue weighted by atomic mass is 19.1. The molecule has 1 aromatic carbocycles. The number of rotatable bonds is 4. The lowest BCUT2D eigenvalue weighted by Crippen LogP contribution is -2.34. The number of hydrogen-bond donors (Lipinski definition) is 1. The summed E-state index contributed by atoms with van der Waals surface area (Å²) in [5.41, 5.74) is 0.639. The molecule has 0 saturated heterocycles. The molecule has 0 bridgehead atoms. The van der Waals surface area contributed by atoms with Gasteiger partial charge in [0.2, 0.25) is 0 Å². The third kappa shape index (κ3) is 3.42. The van der Waals surface area contributed by atoms with Crippen LogP contribution >= 0.6 is 0 Å². The zero-order chi connectivity index (χ0) is 13.0. The van der Waals surface area contributed by atoms with Gasteiger partial charge in [0.05, 0.1) is 7.11 Å². The fourth-order valence-electron chi connectivity index (χ4n) is 1.48. The summed E-state index contributed by atoms with van der Waals surface area (Å²) < 4.78 is 18.2. The number of aliphatic hydroxyl groups is 1. The monoisotopic (exact) mass is 241 g/mol. The van der Waals surface area contributed by atoms with Crippen LogP contribution in [-0.4, -0.2) is 36.2 Å². The topological polar surface area (TPSA) is 49.8 Å². The average Bonchev–Trinajstić information content (AvgIpc) is 2.28. The van der Waals surface area contributed by atoms with E-state index in [2.05, 4.69) is 0 Å². The predicted octanol–water partition coefficient (Wildman–Crippen LogP) is 1.17. The number of hydrogen-bond acceptors (Lipinski definition) is 3. The Balaban J connectivity index is 2.75. The van der Waals surface area contributed by atoms with Gasteiger partial charge in [-0.25, -0.2) is 4.39 Å². The lowest BCUT2D eigenvalue weighted by molar-refractivity contribution is -0.138. The van der Waals surface area contributed by atoms with Crippen LogP contribution < -0.4 is 4.74 Å². The van der Waals surface area contributed by atoms with Crippen molar-refractivity contribution in [2.75, 3.05) is 14.2 Å². The SMILES string of the molecule is COc1ccc(CN(C)C(=O)C(C)O)cc1F. The van der Waals surface area contributed by atoms with Gasteiger partial charge in [-0.05, 0) is 24.6 Å². The van der Waals surface area contributed by atoms with E-state index < -0.39 is 17.8 Å². The van der Waals surface area contributed by atoms with E-state index in [1.54, 1.807) is 13.1 Å². The third-order valence-electron chi connectivity index (χ3n) is 2.37. The normalized spacial score (nSPS) is 12.1. The first kappa shape index (κ1) is 13.4. The highest BCUT2D eigenvalue weighted by Gasteiger charge is 2.15. The minimum Gasteiger partial charge on any atom is -0.494 e. The van der Waals surface area contributed by atoms with Crippen molar-refractivity contribution in [2.24, 2.45) is 0 Å². The maximum Gasteiger partial charge on any atom is 0.251 e. The van der Waals surface area contributed by atoms with Crippen LogP contribution in [0.15, 0.2) is 18.2 Å². The van der Waals surface area contributed by atoms with Gasteiger partial charge in [0, 0.05) is 13.6 Å². The maximum atomic E-state index is 13.4. The standard InChI is InChI=1S/C12H16FNO3/c1-8(15)12(16)14(2)7-9-4-5-11(17-3)10(13)6-9/h4-6,8,15H,7H2,1-3H3. The Morgan fingerprint density at radius 2 is 2.24 bits per heavy atom. The Bertz CT molecular complexity index is 407. The number of benzene rings is 1. The number of ether oxygens (including phenoxy) is 1. The van der Waals surface area contributed by atoms with Crippen LogP contribution in [0.25, 0.3) is 0 Å². The highest BCUT2D eigenvalue weighted by molar-refractivity contribution is 5.79. The molecule has 0 heterocycles. The molecule has 1 N–H and O–H groups in total. The molecule has 1 rings (SSSR count). The largest absolute Gasteiger partial charge is 0.494 e. The Kier molecular flexibility index (Phi) is 4.45. The van der Waals surface area contributed by atoms with E-state index in [9.17, 15) is 9.18 Å². The lowest BCUT2D eigenvalue weighted by atomic mass is 10.2. The van der Waals surface area contributed by atoms with E-state index in [0.717, 1.165) is 0 Å². The molecule has 0 aliphatic carbocycles.